The van der Waals surface area contributed by atoms with Crippen molar-refractivity contribution in [3.05, 3.63) is 36.5 Å². The molecule has 0 saturated carbocycles. The van der Waals surface area contributed by atoms with Crippen molar-refractivity contribution in [2.45, 2.75) is 13.8 Å². The molecule has 0 amide bonds. The molecule has 0 heterocycles. The van der Waals surface area contributed by atoms with Gasteiger partial charge < -0.3 is 9.47 Å². The number of esters is 1. The summed E-state index contributed by atoms with van der Waals surface area (Å²) < 4.78 is 8.67. The fourth-order valence-corrected chi connectivity index (χ4v) is 0.637. The van der Waals surface area contributed by atoms with Gasteiger partial charge in [-0.3, -0.25) is 0 Å². The second-order valence-electron chi connectivity index (χ2n) is 2.37. The third-order valence-corrected chi connectivity index (χ3v) is 1.20. The highest BCUT2D eigenvalue weighted by molar-refractivity contribution is 5.89. The van der Waals surface area contributed by atoms with Gasteiger partial charge in [-0.2, -0.15) is 0 Å². The number of hydrogen-bond donors (Lipinski definition) is 0. The molecule has 0 fully saturated rings. The normalized spacial score (nSPS) is 11.3. The zero-order valence-corrected chi connectivity index (χ0v) is 8.80. The summed E-state index contributed by atoms with van der Waals surface area (Å²) in [7, 11) is 0. The van der Waals surface area contributed by atoms with Gasteiger partial charge in [-0.1, -0.05) is 30.4 Å². The summed E-state index contributed by atoms with van der Waals surface area (Å²) in [6, 6.07) is 0. The number of allylic oxidation sites excluding steroid dienone is 5. The van der Waals surface area contributed by atoms with Crippen LogP contribution in [-0.2, 0) is 14.3 Å². The Morgan fingerprint density at radius 2 is 1.80 bits per heavy atom. The van der Waals surface area contributed by atoms with Crippen molar-refractivity contribution < 1.29 is 19.1 Å². The fraction of sp³-hybridized carbons (Fsp3) is 0.273. The van der Waals surface area contributed by atoms with Gasteiger partial charge in [0.05, 0.1) is 6.61 Å². The van der Waals surface area contributed by atoms with E-state index in [0.29, 0.717) is 0 Å². The van der Waals surface area contributed by atoms with E-state index < -0.39 is 12.1 Å². The van der Waals surface area contributed by atoms with Crippen LogP contribution in [0, 0.1) is 0 Å². The molecule has 0 spiro atoms. The Morgan fingerprint density at radius 3 is 2.40 bits per heavy atom. The molecule has 0 aliphatic carbocycles. The minimum Gasteiger partial charge on any atom is -0.434 e. The Balaban J connectivity index is 3.87. The Morgan fingerprint density at radius 1 is 1.13 bits per heavy atom. The molecular formula is C11H14O4. The van der Waals surface area contributed by atoms with E-state index >= 15 is 0 Å². The van der Waals surface area contributed by atoms with E-state index in [0.717, 1.165) is 6.08 Å². The standard InChI is InChI=1S/C11H14O4/c1-3-5-6-7-8-9-10(12)15-11(13)14-4-2/h3,5-9H,4H2,1-2H3/b5-3+,7-6+,9-8+. The molecule has 0 unspecified atom stereocenters. The lowest BCUT2D eigenvalue weighted by Gasteiger charge is -1.98. The summed E-state index contributed by atoms with van der Waals surface area (Å²) in [6.45, 7) is 3.68. The average molecular weight is 210 g/mol. The van der Waals surface area contributed by atoms with E-state index in [2.05, 4.69) is 9.47 Å². The molecule has 0 aliphatic heterocycles. The van der Waals surface area contributed by atoms with E-state index in [1.54, 1.807) is 25.2 Å². The van der Waals surface area contributed by atoms with Crippen LogP contribution < -0.4 is 0 Å². The Labute approximate surface area is 88.9 Å². The van der Waals surface area contributed by atoms with Gasteiger partial charge in [0, 0.05) is 6.08 Å². The van der Waals surface area contributed by atoms with Crippen molar-refractivity contribution >= 4 is 12.1 Å². The molecule has 0 bridgehead atoms. The zero-order valence-electron chi connectivity index (χ0n) is 8.80. The average Bonchev–Trinajstić information content (AvgIpc) is 2.17. The molecule has 0 atom stereocenters. The number of ether oxygens (including phenoxy) is 2. The maximum absolute atomic E-state index is 10.9. The van der Waals surface area contributed by atoms with Gasteiger partial charge >= 0.3 is 12.1 Å². The molecular weight excluding hydrogens is 196 g/mol. The number of carbonyl (C=O) groups is 2. The summed E-state index contributed by atoms with van der Waals surface area (Å²) in [5.41, 5.74) is 0. The molecule has 0 radical (unpaired) electrons. The first-order valence-electron chi connectivity index (χ1n) is 4.55. The van der Waals surface area contributed by atoms with Gasteiger partial charge in [0.15, 0.2) is 0 Å². The molecule has 0 aliphatic rings. The van der Waals surface area contributed by atoms with Crippen LogP contribution in [0.4, 0.5) is 4.79 Å². The van der Waals surface area contributed by atoms with Crippen molar-refractivity contribution in [3.8, 4) is 0 Å². The SMILES string of the molecule is C/C=C/C=C/C=C/C(=O)OC(=O)OCC. The second-order valence-corrected chi connectivity index (χ2v) is 2.37. The van der Waals surface area contributed by atoms with Crippen molar-refractivity contribution in [2.75, 3.05) is 6.61 Å². The first-order chi connectivity index (χ1) is 7.20. The predicted octanol–water partition coefficient (Wildman–Crippen LogP) is 2.37. The van der Waals surface area contributed by atoms with E-state index in [1.165, 1.54) is 6.08 Å². The smallest absolute Gasteiger partial charge is 0.434 e. The molecule has 82 valence electrons. The molecule has 0 aromatic heterocycles. The largest absolute Gasteiger partial charge is 0.516 e. The molecule has 0 saturated heterocycles. The summed E-state index contributed by atoms with van der Waals surface area (Å²) in [6.07, 6.45) is 8.67. The van der Waals surface area contributed by atoms with Crippen LogP contribution in [0.3, 0.4) is 0 Å². The van der Waals surface area contributed by atoms with Gasteiger partial charge in [0.25, 0.3) is 0 Å². The minimum absolute atomic E-state index is 0.178. The molecule has 4 nitrogen and oxygen atoms in total. The van der Waals surface area contributed by atoms with Crippen LogP contribution in [0.2, 0.25) is 0 Å². The summed E-state index contributed by atoms with van der Waals surface area (Å²) in [5, 5.41) is 0. The first-order valence-corrected chi connectivity index (χ1v) is 4.55. The number of hydrogen-bond acceptors (Lipinski definition) is 4. The fourth-order valence-electron chi connectivity index (χ4n) is 0.637. The predicted molar refractivity (Wildman–Crippen MR) is 56.2 cm³/mol. The lowest BCUT2D eigenvalue weighted by molar-refractivity contribution is -0.134. The van der Waals surface area contributed by atoms with E-state index in [9.17, 15) is 9.59 Å². The summed E-state index contributed by atoms with van der Waals surface area (Å²) in [5.74, 6) is -0.751. The zero-order chi connectivity index (χ0) is 11.5. The minimum atomic E-state index is -0.982. The van der Waals surface area contributed by atoms with Gasteiger partial charge in [-0.05, 0) is 13.8 Å². The Kier molecular flexibility index (Phi) is 7.67. The van der Waals surface area contributed by atoms with Crippen LogP contribution in [0.25, 0.3) is 0 Å². The third kappa shape index (κ3) is 8.49. The summed E-state index contributed by atoms with van der Waals surface area (Å²) >= 11 is 0. The van der Waals surface area contributed by atoms with E-state index in [4.69, 9.17) is 0 Å². The topological polar surface area (TPSA) is 52.6 Å². The highest BCUT2D eigenvalue weighted by atomic mass is 16.7. The monoisotopic (exact) mass is 210 g/mol. The molecule has 0 aromatic rings. The van der Waals surface area contributed by atoms with Crippen molar-refractivity contribution in [2.24, 2.45) is 0 Å². The highest BCUT2D eigenvalue weighted by Crippen LogP contribution is 1.89. The molecule has 0 N–H and O–H groups in total. The Hall–Kier alpha value is -1.84. The van der Waals surface area contributed by atoms with Crippen molar-refractivity contribution in [1.29, 1.82) is 0 Å². The lowest BCUT2D eigenvalue weighted by Crippen LogP contribution is -2.11. The van der Waals surface area contributed by atoms with Crippen LogP contribution in [0.15, 0.2) is 36.5 Å². The lowest BCUT2D eigenvalue weighted by atomic mass is 10.4. The summed E-state index contributed by atoms with van der Waals surface area (Å²) in [4.78, 5) is 21.6. The number of carbonyl (C=O) groups excluding carboxylic acids is 2. The molecule has 15 heavy (non-hydrogen) atoms. The first kappa shape index (κ1) is 13.2. The molecule has 4 heteroatoms. The van der Waals surface area contributed by atoms with Crippen LogP contribution in [-0.4, -0.2) is 18.7 Å². The van der Waals surface area contributed by atoms with E-state index in [1.807, 2.05) is 13.0 Å². The quantitative estimate of drug-likeness (QED) is 0.309. The second kappa shape index (κ2) is 8.74. The Bertz CT molecular complexity index is 287. The van der Waals surface area contributed by atoms with Gasteiger partial charge in [-0.25, -0.2) is 9.59 Å². The maximum atomic E-state index is 10.9. The highest BCUT2D eigenvalue weighted by Gasteiger charge is 2.06. The number of rotatable bonds is 4. The van der Waals surface area contributed by atoms with Crippen LogP contribution in [0.1, 0.15) is 13.8 Å². The maximum Gasteiger partial charge on any atom is 0.516 e. The van der Waals surface area contributed by atoms with Gasteiger partial charge in [0.2, 0.25) is 0 Å². The van der Waals surface area contributed by atoms with Crippen LogP contribution >= 0.6 is 0 Å². The van der Waals surface area contributed by atoms with Gasteiger partial charge in [-0.15, -0.1) is 0 Å². The van der Waals surface area contributed by atoms with Crippen molar-refractivity contribution in [1.82, 2.24) is 0 Å². The third-order valence-electron chi connectivity index (χ3n) is 1.20. The molecule has 0 rings (SSSR count). The van der Waals surface area contributed by atoms with Crippen LogP contribution in [0.5, 0.6) is 0 Å². The van der Waals surface area contributed by atoms with Gasteiger partial charge in [0.1, 0.15) is 0 Å². The molecule has 0 aromatic carbocycles. The van der Waals surface area contributed by atoms with Crippen molar-refractivity contribution in [3.63, 3.8) is 0 Å². The van der Waals surface area contributed by atoms with E-state index in [-0.39, 0.29) is 6.61 Å².